The zero-order chi connectivity index (χ0) is 77.0. The maximum Gasteiger partial charge on any atom is 0.251 e. The second-order valence-electron chi connectivity index (χ2n) is 31.7. The summed E-state index contributed by atoms with van der Waals surface area (Å²) in [7, 11) is 1.70. The van der Waals surface area contributed by atoms with Crippen LogP contribution in [0.5, 0.6) is 0 Å². The van der Waals surface area contributed by atoms with Gasteiger partial charge in [-0.25, -0.2) is 4.98 Å². The lowest BCUT2D eigenvalue weighted by Crippen LogP contribution is -2.72. The van der Waals surface area contributed by atoms with E-state index in [0.29, 0.717) is 22.2 Å². The Hall–Kier alpha value is -11.9. The van der Waals surface area contributed by atoms with Crippen LogP contribution in [0.15, 0.2) is 97.5 Å². The number of amides is 16. The van der Waals surface area contributed by atoms with Crippen molar-refractivity contribution in [3.05, 3.63) is 114 Å². The molecule has 0 saturated carbocycles. The predicted molar refractivity (Wildman–Crippen MR) is 380 cm³/mol. The fourth-order valence-corrected chi connectivity index (χ4v) is 19.7. The van der Waals surface area contributed by atoms with Gasteiger partial charge in [-0.2, -0.15) is 0 Å². The molecule has 5 spiro atoms. The first-order valence-corrected chi connectivity index (χ1v) is 37.2. The molecule has 2 unspecified atom stereocenters. The van der Waals surface area contributed by atoms with Gasteiger partial charge in [-0.05, 0) is 51.9 Å². The van der Waals surface area contributed by atoms with Crippen LogP contribution in [-0.4, -0.2) is 272 Å². The highest BCUT2D eigenvalue weighted by molar-refractivity contribution is 6.11. The van der Waals surface area contributed by atoms with Gasteiger partial charge in [0, 0.05) is 77.8 Å². The largest absolute Gasteiger partial charge is 0.368 e. The summed E-state index contributed by atoms with van der Waals surface area (Å²) in [5.74, 6) is -12.0. The molecule has 110 heavy (non-hydrogen) atoms. The van der Waals surface area contributed by atoms with Crippen molar-refractivity contribution < 1.29 is 76.7 Å². The molecule has 16 heterocycles. The number of aromatic nitrogens is 2. The number of piperazine rings is 6. The van der Waals surface area contributed by atoms with E-state index < -0.39 is 235 Å². The summed E-state index contributed by atoms with van der Waals surface area (Å²) in [4.78, 5) is 253. The number of carbonyl (C=O) groups excluding carboxylic acids is 16. The van der Waals surface area contributed by atoms with Gasteiger partial charge >= 0.3 is 0 Å². The van der Waals surface area contributed by atoms with Crippen molar-refractivity contribution in [2.24, 2.45) is 12.8 Å². The minimum absolute atomic E-state index is 0.0170. The van der Waals surface area contributed by atoms with E-state index in [0.717, 1.165) is 21.1 Å². The molecule has 35 heteroatoms. The number of aryl methyl sites for hydroxylation is 1. The number of carbonyl (C=O) groups is 16. The molecule has 14 atom stereocenters. The van der Waals surface area contributed by atoms with Gasteiger partial charge in [0.05, 0.1) is 57.8 Å². The van der Waals surface area contributed by atoms with E-state index >= 15 is 38.4 Å². The fraction of sp³-hybridized carbons (Fsp3) is 0.480. The summed E-state index contributed by atoms with van der Waals surface area (Å²) in [6.45, 7) is -2.85. The Bertz CT molecular complexity index is 4960. The van der Waals surface area contributed by atoms with Crippen LogP contribution in [0, 0.1) is 0 Å². The summed E-state index contributed by atoms with van der Waals surface area (Å²) in [5.41, 5.74) is -3.72. The molecule has 572 valence electrons. The Morgan fingerprint density at radius 3 is 1.70 bits per heavy atom. The standard InChI is InChI=1S/C75H81N19O16/c1-3-74-20-18-54(95)79-21-19-46-57(98)83-70(64(105)81-46)23-49-60(101)86-73(67(108)89(49)33-70)25-52-62(103)93(31-42-15-9-13-40-11-5-7-17-45(40)42)75(69(110)92(52)36-73)27-51(59(100)80-47(56(76)97)22-41-14-8-12-39-10-4-6-16-44(39)41)88(37-75)55(96)30-77-29-48-58(99)84-71(65(106)82-48)24-50-61(102)85-72(66(107)90(50)34-71)26-53(91(35-72)68(74)109)63(104)94(74)32-43-28-78-38-87(43)2/h4-17,28,38,46-53,77H,3,18-27,29-37H2,1-2H3,(H2,76,97)(H,79,95)(H,80,100)(H,81,105)(H,82,106)(H,83,98)(H,84,99)(H,85,102)(H,86,101)/t46-,47+,48+,49?,50+,51+,52?,53+,70+,71+,72+,73+,74-,75+/m1/s1. The van der Waals surface area contributed by atoms with Crippen molar-refractivity contribution in [3.8, 4) is 0 Å². The van der Waals surface area contributed by atoms with Crippen LogP contribution >= 0.6 is 0 Å². The molecule has 4 aromatic carbocycles. The maximum atomic E-state index is 16.4. The number of primary amides is 1. The Balaban J connectivity index is 0.707. The van der Waals surface area contributed by atoms with Crippen molar-refractivity contribution in [1.29, 1.82) is 0 Å². The van der Waals surface area contributed by atoms with E-state index in [1.165, 1.54) is 41.9 Å². The molecular formula is C75H81N19O16. The molecule has 20 rings (SSSR count). The summed E-state index contributed by atoms with van der Waals surface area (Å²) < 4.78 is 1.66. The first-order chi connectivity index (χ1) is 52.6. The number of hydrogen-bond donors (Lipinski definition) is 10. The van der Waals surface area contributed by atoms with Gasteiger partial charge in [0.25, 0.3) is 17.7 Å². The first kappa shape index (κ1) is 71.0. The molecular weight excluding hydrogens is 1420 g/mol. The van der Waals surface area contributed by atoms with Crippen molar-refractivity contribution in [1.82, 2.24) is 91.7 Å². The number of benzene rings is 4. The Labute approximate surface area is 627 Å². The van der Waals surface area contributed by atoms with Gasteiger partial charge < -0.3 is 92.5 Å². The lowest BCUT2D eigenvalue weighted by atomic mass is 9.82. The predicted octanol–water partition coefficient (Wildman–Crippen LogP) is -5.45. The van der Waals surface area contributed by atoms with E-state index in [-0.39, 0.29) is 71.0 Å². The quantitative estimate of drug-likeness (QED) is 0.0624. The van der Waals surface area contributed by atoms with E-state index in [4.69, 9.17) is 5.73 Å². The molecule has 15 aliphatic heterocycles. The molecule has 35 nitrogen and oxygen atoms in total. The highest BCUT2D eigenvalue weighted by atomic mass is 16.2. The van der Waals surface area contributed by atoms with Gasteiger partial charge in [0.15, 0.2) is 0 Å². The van der Waals surface area contributed by atoms with Crippen LogP contribution in [0.4, 0.5) is 0 Å². The van der Waals surface area contributed by atoms with Crippen molar-refractivity contribution in [3.63, 3.8) is 0 Å². The first-order valence-electron chi connectivity index (χ1n) is 37.2. The van der Waals surface area contributed by atoms with Gasteiger partial charge in [-0.3, -0.25) is 76.7 Å². The highest BCUT2D eigenvalue weighted by Crippen LogP contribution is 2.49. The minimum atomic E-state index is -2.16. The van der Waals surface area contributed by atoms with Crippen LogP contribution < -0.4 is 53.6 Å². The summed E-state index contributed by atoms with van der Waals surface area (Å²) in [6, 6.07) is 14.3. The van der Waals surface area contributed by atoms with Crippen molar-refractivity contribution in [2.45, 2.75) is 166 Å². The number of nitrogens with zero attached hydrogens (tertiary/aromatic N) is 9. The van der Waals surface area contributed by atoms with E-state index in [1.807, 2.05) is 54.6 Å². The highest BCUT2D eigenvalue weighted by Gasteiger charge is 2.72. The van der Waals surface area contributed by atoms with Crippen molar-refractivity contribution >= 4 is 116 Å². The Kier molecular flexibility index (Phi) is 16.5. The molecule has 11 N–H and O–H groups in total. The third-order valence-corrected chi connectivity index (χ3v) is 25.5. The normalized spacial score (nSPS) is 33.2. The molecule has 15 aliphatic rings. The summed E-state index contributed by atoms with van der Waals surface area (Å²) >= 11 is 0. The second-order valence-corrected chi connectivity index (χ2v) is 31.7. The number of imidazole rings is 1. The fourth-order valence-electron chi connectivity index (χ4n) is 19.7. The average Bonchev–Trinajstić information content (AvgIpc) is 1.55. The molecule has 16 amide bonds. The zero-order valence-electron chi connectivity index (χ0n) is 60.1. The van der Waals surface area contributed by atoms with Crippen LogP contribution in [-0.2, 0) is 103 Å². The maximum absolute atomic E-state index is 16.4. The lowest BCUT2D eigenvalue weighted by Gasteiger charge is -2.50. The third-order valence-electron chi connectivity index (χ3n) is 25.5. The van der Waals surface area contributed by atoms with Crippen molar-refractivity contribution in [2.75, 3.05) is 52.4 Å². The van der Waals surface area contributed by atoms with Gasteiger partial charge in [-0.15, -0.1) is 0 Å². The molecule has 0 aliphatic carbocycles. The molecule has 0 radical (unpaired) electrons. The number of rotatable bonds is 10. The van der Waals surface area contributed by atoms with Crippen LogP contribution in [0.3, 0.4) is 0 Å². The van der Waals surface area contributed by atoms with Crippen LogP contribution in [0.25, 0.3) is 21.5 Å². The Morgan fingerprint density at radius 1 is 0.573 bits per heavy atom. The zero-order valence-corrected chi connectivity index (χ0v) is 60.1. The smallest absolute Gasteiger partial charge is 0.251 e. The number of hydrogen-bond acceptors (Lipinski definition) is 18. The third kappa shape index (κ3) is 10.8. The van der Waals surface area contributed by atoms with Gasteiger partial charge in [0.1, 0.15) is 81.6 Å². The molecule has 5 aromatic rings. The second kappa shape index (κ2) is 25.6. The van der Waals surface area contributed by atoms with E-state index in [2.05, 4.69) is 52.8 Å². The number of nitrogens with one attached hydrogen (secondary N) is 9. The molecule has 13 bridgehead atoms. The van der Waals surface area contributed by atoms with Gasteiger partial charge in [0.2, 0.25) is 76.8 Å². The SMILES string of the molecule is CC[C@]12CCC(=O)NCC[C@H]3NC(=O)[C@@]4(CC5C(=O)N[C@]6(CC7C(=O)N(Cc8cccc9ccccc89)[C@]8(C[C@@H](C(=O)N[C@@H](Cc9cccc%10ccccc9%10)C(N)=O)N(C8)C(=O)CNC[C@@H]8NC(=O)[C@@]9(C[C@H]%10C(=O)N[C@]%11(C[C@@H](C(=O)N1Cc1cncn1C)N(C%11)C2=O)C(=O)N%10C9)NC8=O)C(=O)N7C6)C(=O)N5C4)NC3=O. The Morgan fingerprint density at radius 2 is 1.10 bits per heavy atom. The topological polar surface area (TPSA) is 448 Å². The van der Waals surface area contributed by atoms with Crippen LogP contribution in [0.2, 0.25) is 0 Å². The van der Waals surface area contributed by atoms with Gasteiger partial charge in [-0.1, -0.05) is 91.9 Å². The molecule has 15 fully saturated rings. The number of fused-ring (bicyclic) bond motifs is 2. The monoisotopic (exact) mass is 1500 g/mol. The summed E-state index contributed by atoms with van der Waals surface area (Å²) in [6.07, 6.45) is -0.0220. The average molecular weight is 1500 g/mol. The number of nitrogens with two attached hydrogens (primary N) is 1. The molecule has 1 aromatic heterocycles. The summed E-state index contributed by atoms with van der Waals surface area (Å²) in [5, 5.41) is 28.2. The van der Waals surface area contributed by atoms with E-state index in [9.17, 15) is 38.4 Å². The van der Waals surface area contributed by atoms with E-state index in [1.54, 1.807) is 48.9 Å². The van der Waals surface area contributed by atoms with Crippen LogP contribution in [0.1, 0.15) is 81.5 Å². The minimum Gasteiger partial charge on any atom is -0.368 e. The lowest BCUT2D eigenvalue weighted by molar-refractivity contribution is -0.171. The molecule has 15 saturated heterocycles.